The van der Waals surface area contributed by atoms with Crippen molar-refractivity contribution in [3.63, 3.8) is 0 Å². The molecule has 0 bridgehead atoms. The predicted octanol–water partition coefficient (Wildman–Crippen LogP) is 2.89. The van der Waals surface area contributed by atoms with Gasteiger partial charge in [-0.2, -0.15) is 0 Å². The second-order valence-corrected chi connectivity index (χ2v) is 6.75. The Kier molecular flexibility index (Phi) is 5.87. The molecule has 2 N–H and O–H groups in total. The van der Waals surface area contributed by atoms with Gasteiger partial charge in [0.1, 0.15) is 0 Å². The lowest BCUT2D eigenvalue weighted by Gasteiger charge is -2.30. The molecular weight excluding hydrogens is 372 g/mol. The van der Waals surface area contributed by atoms with Gasteiger partial charge in [0.2, 0.25) is 5.56 Å². The molecule has 3 rings (SSSR count). The zero-order chi connectivity index (χ0) is 21.1. The third-order valence-corrected chi connectivity index (χ3v) is 4.83. The SMILES string of the molecule is CCOC(=O)C1=C(C)NC(C)=C(C(=O)OCC)C1c1ccc2[nH]c(=O)ccc2c1. The molecule has 0 fully saturated rings. The molecule has 1 aromatic carbocycles. The van der Waals surface area contributed by atoms with Crippen LogP contribution in [-0.4, -0.2) is 30.1 Å². The number of esters is 2. The summed E-state index contributed by atoms with van der Waals surface area (Å²) in [4.78, 5) is 39.9. The van der Waals surface area contributed by atoms with Crippen LogP contribution in [0.25, 0.3) is 10.9 Å². The van der Waals surface area contributed by atoms with Crippen molar-refractivity contribution < 1.29 is 19.1 Å². The molecule has 29 heavy (non-hydrogen) atoms. The van der Waals surface area contributed by atoms with E-state index in [4.69, 9.17) is 9.47 Å². The van der Waals surface area contributed by atoms with Crippen molar-refractivity contribution in [2.45, 2.75) is 33.6 Å². The number of allylic oxidation sites excluding steroid dienone is 2. The van der Waals surface area contributed by atoms with Crippen LogP contribution in [0.2, 0.25) is 0 Å². The third-order valence-electron chi connectivity index (χ3n) is 4.83. The molecule has 2 aromatic rings. The summed E-state index contributed by atoms with van der Waals surface area (Å²) in [7, 11) is 0. The van der Waals surface area contributed by atoms with E-state index in [2.05, 4.69) is 10.3 Å². The van der Waals surface area contributed by atoms with Gasteiger partial charge in [-0.3, -0.25) is 4.79 Å². The van der Waals surface area contributed by atoms with Crippen molar-refractivity contribution in [1.29, 1.82) is 0 Å². The number of carbonyl (C=O) groups excluding carboxylic acids is 2. The monoisotopic (exact) mass is 396 g/mol. The number of hydrogen-bond donors (Lipinski definition) is 2. The number of dihydropyridines is 1. The van der Waals surface area contributed by atoms with Gasteiger partial charge in [-0.1, -0.05) is 6.07 Å². The summed E-state index contributed by atoms with van der Waals surface area (Å²) in [6.45, 7) is 7.47. The van der Waals surface area contributed by atoms with E-state index in [1.165, 1.54) is 6.07 Å². The zero-order valence-electron chi connectivity index (χ0n) is 16.9. The molecule has 2 heterocycles. The highest BCUT2D eigenvalue weighted by Gasteiger charge is 2.37. The highest BCUT2D eigenvalue weighted by Crippen LogP contribution is 2.39. The number of carbonyl (C=O) groups is 2. The van der Waals surface area contributed by atoms with Crippen LogP contribution in [0.3, 0.4) is 0 Å². The fourth-order valence-corrected chi connectivity index (χ4v) is 3.64. The number of pyridine rings is 1. The maximum Gasteiger partial charge on any atom is 0.336 e. The molecule has 0 unspecified atom stereocenters. The van der Waals surface area contributed by atoms with Gasteiger partial charge in [0.05, 0.1) is 30.3 Å². The van der Waals surface area contributed by atoms with E-state index in [1.54, 1.807) is 45.9 Å². The maximum absolute atomic E-state index is 12.8. The lowest BCUT2D eigenvalue weighted by Crippen LogP contribution is -2.32. The standard InChI is InChI=1S/C22H24N2O5/c1-5-28-21(26)18-12(3)23-13(4)19(22(27)29-6-2)20(18)15-7-9-16-14(11-15)8-10-17(25)24-16/h7-11,20,23H,5-6H2,1-4H3,(H,24,25). The lowest BCUT2D eigenvalue weighted by atomic mass is 9.80. The van der Waals surface area contributed by atoms with E-state index in [1.807, 2.05) is 6.07 Å². The predicted molar refractivity (Wildman–Crippen MR) is 109 cm³/mol. The number of benzene rings is 1. The molecular formula is C22H24N2O5. The number of rotatable bonds is 5. The topological polar surface area (TPSA) is 97.5 Å². The van der Waals surface area contributed by atoms with Crippen LogP contribution in [0.4, 0.5) is 0 Å². The molecule has 0 spiro atoms. The molecule has 152 valence electrons. The minimum absolute atomic E-state index is 0.196. The average molecular weight is 396 g/mol. The van der Waals surface area contributed by atoms with Gasteiger partial charge in [0.15, 0.2) is 0 Å². The number of aromatic nitrogens is 1. The molecule has 0 saturated heterocycles. The number of ether oxygens (including phenoxy) is 2. The quantitative estimate of drug-likeness (QED) is 0.755. The average Bonchev–Trinajstić information content (AvgIpc) is 2.67. The Morgan fingerprint density at radius 3 is 2.07 bits per heavy atom. The van der Waals surface area contributed by atoms with Gasteiger partial charge in [0, 0.05) is 23.0 Å². The molecule has 0 saturated carbocycles. The summed E-state index contributed by atoms with van der Waals surface area (Å²) >= 11 is 0. The Morgan fingerprint density at radius 2 is 1.52 bits per heavy atom. The van der Waals surface area contributed by atoms with E-state index >= 15 is 0 Å². The maximum atomic E-state index is 12.8. The van der Waals surface area contributed by atoms with E-state index < -0.39 is 17.9 Å². The van der Waals surface area contributed by atoms with Gasteiger partial charge < -0.3 is 19.8 Å². The van der Waals surface area contributed by atoms with Crippen molar-refractivity contribution in [2.24, 2.45) is 0 Å². The highest BCUT2D eigenvalue weighted by molar-refractivity contribution is 6.00. The molecule has 1 aromatic heterocycles. The zero-order valence-corrected chi connectivity index (χ0v) is 16.9. The minimum atomic E-state index is -0.648. The Balaban J connectivity index is 2.22. The van der Waals surface area contributed by atoms with E-state index in [9.17, 15) is 14.4 Å². The third kappa shape index (κ3) is 3.94. The molecule has 7 heteroatoms. The summed E-state index contributed by atoms with van der Waals surface area (Å²) in [5.74, 6) is -1.62. The van der Waals surface area contributed by atoms with Gasteiger partial charge in [-0.05, 0) is 56.8 Å². The number of H-pyrrole nitrogens is 1. The van der Waals surface area contributed by atoms with Crippen LogP contribution in [0.15, 0.2) is 57.7 Å². The first-order chi connectivity index (χ1) is 13.9. The van der Waals surface area contributed by atoms with E-state index in [-0.39, 0.29) is 18.8 Å². The fourth-order valence-electron chi connectivity index (χ4n) is 3.64. The summed E-state index contributed by atoms with van der Waals surface area (Å²) in [5.41, 5.74) is 3.19. The first-order valence-electron chi connectivity index (χ1n) is 9.53. The summed E-state index contributed by atoms with van der Waals surface area (Å²) in [5, 5.41) is 3.91. The fraction of sp³-hybridized carbons (Fsp3) is 0.318. The minimum Gasteiger partial charge on any atom is -0.463 e. The van der Waals surface area contributed by atoms with Crippen LogP contribution in [0.1, 0.15) is 39.2 Å². The number of fused-ring (bicyclic) bond motifs is 1. The normalized spacial score (nSPS) is 14.8. The second-order valence-electron chi connectivity index (χ2n) is 6.75. The first kappa shape index (κ1) is 20.4. The van der Waals surface area contributed by atoms with E-state index in [0.717, 1.165) is 10.9 Å². The van der Waals surface area contributed by atoms with Crippen molar-refractivity contribution in [3.05, 3.63) is 68.8 Å². The van der Waals surface area contributed by atoms with Gasteiger partial charge in [-0.15, -0.1) is 0 Å². The van der Waals surface area contributed by atoms with Crippen molar-refractivity contribution in [2.75, 3.05) is 13.2 Å². The summed E-state index contributed by atoms with van der Waals surface area (Å²) in [6, 6.07) is 8.58. The Bertz CT molecular complexity index is 1050. The summed E-state index contributed by atoms with van der Waals surface area (Å²) < 4.78 is 10.5. The molecule has 1 aliphatic heterocycles. The highest BCUT2D eigenvalue weighted by atomic mass is 16.5. The van der Waals surface area contributed by atoms with Crippen LogP contribution in [-0.2, 0) is 19.1 Å². The largest absolute Gasteiger partial charge is 0.463 e. The first-order valence-corrected chi connectivity index (χ1v) is 9.53. The van der Waals surface area contributed by atoms with Gasteiger partial charge in [-0.25, -0.2) is 9.59 Å². The van der Waals surface area contributed by atoms with E-state index in [0.29, 0.717) is 28.1 Å². The molecule has 1 aliphatic rings. The van der Waals surface area contributed by atoms with Crippen molar-refractivity contribution in [3.8, 4) is 0 Å². The molecule has 0 radical (unpaired) electrons. The molecule has 7 nitrogen and oxygen atoms in total. The Labute approximate surface area is 168 Å². The van der Waals surface area contributed by atoms with Gasteiger partial charge in [0.25, 0.3) is 0 Å². The van der Waals surface area contributed by atoms with Crippen molar-refractivity contribution in [1.82, 2.24) is 10.3 Å². The lowest BCUT2D eigenvalue weighted by molar-refractivity contribution is -0.139. The number of aromatic amines is 1. The molecule has 0 atom stereocenters. The van der Waals surface area contributed by atoms with Crippen molar-refractivity contribution >= 4 is 22.8 Å². The molecule has 0 aliphatic carbocycles. The number of hydrogen-bond acceptors (Lipinski definition) is 6. The summed E-state index contributed by atoms with van der Waals surface area (Å²) in [6.07, 6.45) is 0. The molecule has 0 amide bonds. The Morgan fingerprint density at radius 1 is 0.931 bits per heavy atom. The Hall–Kier alpha value is -3.35. The van der Waals surface area contributed by atoms with Crippen LogP contribution in [0, 0.1) is 0 Å². The smallest absolute Gasteiger partial charge is 0.336 e. The van der Waals surface area contributed by atoms with Crippen LogP contribution >= 0.6 is 0 Å². The van der Waals surface area contributed by atoms with Gasteiger partial charge >= 0.3 is 11.9 Å². The number of nitrogens with one attached hydrogen (secondary N) is 2. The second kappa shape index (κ2) is 8.34. The van der Waals surface area contributed by atoms with Crippen LogP contribution < -0.4 is 10.9 Å². The van der Waals surface area contributed by atoms with Crippen LogP contribution in [0.5, 0.6) is 0 Å².